The van der Waals surface area contributed by atoms with Gasteiger partial charge in [0.05, 0.1) is 12.1 Å². The number of halogens is 1. The number of rotatable bonds is 8. The van der Waals surface area contributed by atoms with Crippen molar-refractivity contribution in [1.29, 1.82) is 0 Å². The highest BCUT2D eigenvalue weighted by Gasteiger charge is 2.29. The number of nitrogens with one attached hydrogen (secondary N) is 2. The highest BCUT2D eigenvalue weighted by molar-refractivity contribution is 14.0. The number of carbonyl (C=O) groups is 1. The number of aliphatic imine (C=N–C) groups is 1. The molecule has 1 unspecified atom stereocenters. The number of carbonyl (C=O) groups excluding carboxylic acids is 1. The monoisotopic (exact) mass is 504 g/mol. The van der Waals surface area contributed by atoms with Gasteiger partial charge in [-0.2, -0.15) is 0 Å². The van der Waals surface area contributed by atoms with E-state index in [1.807, 2.05) is 31.2 Å². The summed E-state index contributed by atoms with van der Waals surface area (Å²) in [5.74, 6) is 1.37. The fraction of sp³-hybridized carbons (Fsp3) is 0.600. The fourth-order valence-electron chi connectivity index (χ4n) is 2.77. The van der Waals surface area contributed by atoms with E-state index in [9.17, 15) is 4.79 Å². The molecule has 0 bridgehead atoms. The summed E-state index contributed by atoms with van der Waals surface area (Å²) >= 11 is 0. The van der Waals surface area contributed by atoms with Gasteiger partial charge in [-0.25, -0.2) is 4.99 Å². The van der Waals surface area contributed by atoms with Gasteiger partial charge in [-0.1, -0.05) is 12.1 Å². The van der Waals surface area contributed by atoms with Gasteiger partial charge in [0, 0.05) is 33.8 Å². The Morgan fingerprint density at radius 2 is 2.14 bits per heavy atom. The third kappa shape index (κ3) is 8.22. The molecule has 28 heavy (non-hydrogen) atoms. The third-order valence-electron chi connectivity index (χ3n) is 4.45. The molecule has 0 aromatic heterocycles. The fourth-order valence-corrected chi connectivity index (χ4v) is 2.77. The van der Waals surface area contributed by atoms with E-state index in [-0.39, 0.29) is 42.1 Å². The SMILES string of the molecule is CCNC(=NCc1cccc(OCC(=O)N(C)C)c1)NCC1(C)CCCO1.I. The predicted molar refractivity (Wildman–Crippen MR) is 122 cm³/mol. The first-order chi connectivity index (χ1) is 12.9. The number of guanidine groups is 1. The van der Waals surface area contributed by atoms with Crippen LogP contribution in [0.4, 0.5) is 0 Å². The second kappa shape index (κ2) is 12.1. The third-order valence-corrected chi connectivity index (χ3v) is 4.45. The molecule has 1 fully saturated rings. The lowest BCUT2D eigenvalue weighted by atomic mass is 10.0. The molecular weight excluding hydrogens is 471 g/mol. The number of nitrogens with zero attached hydrogens (tertiary/aromatic N) is 2. The van der Waals surface area contributed by atoms with Gasteiger partial charge >= 0.3 is 0 Å². The van der Waals surface area contributed by atoms with Gasteiger partial charge in [-0.3, -0.25) is 4.79 Å². The lowest BCUT2D eigenvalue weighted by Gasteiger charge is -2.24. The van der Waals surface area contributed by atoms with Crippen LogP contribution in [0.1, 0.15) is 32.3 Å². The van der Waals surface area contributed by atoms with E-state index in [1.54, 1.807) is 14.1 Å². The van der Waals surface area contributed by atoms with Gasteiger partial charge < -0.3 is 25.0 Å². The van der Waals surface area contributed by atoms with Crippen LogP contribution in [0.3, 0.4) is 0 Å². The molecule has 1 aliphatic rings. The first-order valence-corrected chi connectivity index (χ1v) is 9.50. The topological polar surface area (TPSA) is 75.2 Å². The Labute approximate surface area is 185 Å². The van der Waals surface area contributed by atoms with Crippen molar-refractivity contribution in [2.75, 3.05) is 40.4 Å². The summed E-state index contributed by atoms with van der Waals surface area (Å²) in [4.78, 5) is 17.8. The maximum atomic E-state index is 11.6. The number of benzene rings is 1. The molecule has 0 aliphatic carbocycles. The quantitative estimate of drug-likeness (QED) is 0.323. The van der Waals surface area contributed by atoms with E-state index in [2.05, 4.69) is 22.5 Å². The van der Waals surface area contributed by atoms with Crippen LogP contribution in [-0.4, -0.2) is 62.8 Å². The normalized spacial score (nSPS) is 18.9. The summed E-state index contributed by atoms with van der Waals surface area (Å²) in [7, 11) is 3.42. The van der Waals surface area contributed by atoms with Gasteiger partial charge in [0.2, 0.25) is 0 Å². The Morgan fingerprint density at radius 3 is 2.79 bits per heavy atom. The Bertz CT molecular complexity index is 646. The molecule has 1 aromatic carbocycles. The lowest BCUT2D eigenvalue weighted by Crippen LogP contribution is -2.45. The maximum Gasteiger partial charge on any atom is 0.259 e. The molecule has 1 aromatic rings. The number of hydrogen-bond donors (Lipinski definition) is 2. The Kier molecular flexibility index (Phi) is 10.6. The first kappa shape index (κ1) is 24.5. The van der Waals surface area contributed by atoms with Gasteiger partial charge in [-0.15, -0.1) is 24.0 Å². The maximum absolute atomic E-state index is 11.6. The molecule has 1 aliphatic heterocycles. The first-order valence-electron chi connectivity index (χ1n) is 9.50. The van der Waals surface area contributed by atoms with Crippen molar-refractivity contribution in [1.82, 2.24) is 15.5 Å². The molecule has 0 spiro atoms. The lowest BCUT2D eigenvalue weighted by molar-refractivity contribution is -0.130. The van der Waals surface area contributed by atoms with Gasteiger partial charge in [-0.05, 0) is 44.4 Å². The Morgan fingerprint density at radius 1 is 1.36 bits per heavy atom. The molecule has 158 valence electrons. The minimum Gasteiger partial charge on any atom is -0.484 e. The average Bonchev–Trinajstić information content (AvgIpc) is 3.09. The van der Waals surface area contributed by atoms with Crippen molar-refractivity contribution < 1.29 is 14.3 Å². The van der Waals surface area contributed by atoms with Crippen LogP contribution in [-0.2, 0) is 16.1 Å². The minimum atomic E-state index is -0.122. The number of ether oxygens (including phenoxy) is 2. The van der Waals surface area contributed by atoms with Crippen LogP contribution in [0, 0.1) is 0 Å². The second-order valence-electron chi connectivity index (χ2n) is 7.17. The molecule has 1 heterocycles. The van der Waals surface area contributed by atoms with Crippen LogP contribution >= 0.6 is 24.0 Å². The van der Waals surface area contributed by atoms with Crippen LogP contribution in [0.15, 0.2) is 29.3 Å². The molecule has 1 saturated heterocycles. The van der Waals surface area contributed by atoms with E-state index in [0.717, 1.165) is 44.1 Å². The van der Waals surface area contributed by atoms with Crippen molar-refractivity contribution in [2.24, 2.45) is 4.99 Å². The highest BCUT2D eigenvalue weighted by Crippen LogP contribution is 2.23. The summed E-state index contributed by atoms with van der Waals surface area (Å²) in [5.41, 5.74) is 0.897. The summed E-state index contributed by atoms with van der Waals surface area (Å²) in [6.45, 7) is 7.07. The number of amides is 1. The number of hydrogen-bond acceptors (Lipinski definition) is 4. The zero-order valence-electron chi connectivity index (χ0n) is 17.3. The van der Waals surface area contributed by atoms with Crippen LogP contribution in [0.25, 0.3) is 0 Å². The summed E-state index contributed by atoms with van der Waals surface area (Å²) in [6.07, 6.45) is 2.17. The second-order valence-corrected chi connectivity index (χ2v) is 7.17. The molecule has 0 saturated carbocycles. The van der Waals surface area contributed by atoms with Gasteiger partial charge in [0.1, 0.15) is 5.75 Å². The highest BCUT2D eigenvalue weighted by atomic mass is 127. The van der Waals surface area contributed by atoms with E-state index < -0.39 is 0 Å². The van der Waals surface area contributed by atoms with Crippen molar-refractivity contribution in [3.05, 3.63) is 29.8 Å². The smallest absolute Gasteiger partial charge is 0.259 e. The van der Waals surface area contributed by atoms with Gasteiger partial charge in [0.15, 0.2) is 12.6 Å². The van der Waals surface area contributed by atoms with E-state index in [1.165, 1.54) is 4.90 Å². The van der Waals surface area contributed by atoms with Crippen molar-refractivity contribution in [3.63, 3.8) is 0 Å². The predicted octanol–water partition coefficient (Wildman–Crippen LogP) is 2.40. The molecule has 0 radical (unpaired) electrons. The summed E-state index contributed by atoms with van der Waals surface area (Å²) < 4.78 is 11.4. The molecule has 2 rings (SSSR count). The van der Waals surface area contributed by atoms with Crippen LogP contribution in [0.5, 0.6) is 5.75 Å². The van der Waals surface area contributed by atoms with Crippen molar-refractivity contribution in [3.8, 4) is 5.75 Å². The van der Waals surface area contributed by atoms with E-state index in [0.29, 0.717) is 12.3 Å². The molecule has 8 heteroatoms. The molecule has 1 atom stereocenters. The Balaban J connectivity index is 0.00000392. The minimum absolute atomic E-state index is 0. The van der Waals surface area contributed by atoms with Crippen molar-refractivity contribution in [2.45, 2.75) is 38.8 Å². The molecule has 2 N–H and O–H groups in total. The van der Waals surface area contributed by atoms with Crippen LogP contribution < -0.4 is 15.4 Å². The summed E-state index contributed by atoms with van der Waals surface area (Å²) in [5, 5.41) is 6.64. The van der Waals surface area contributed by atoms with Crippen molar-refractivity contribution >= 4 is 35.8 Å². The largest absolute Gasteiger partial charge is 0.484 e. The molecule has 7 nitrogen and oxygen atoms in total. The number of likely N-dealkylation sites (N-methyl/N-ethyl adjacent to an activating group) is 1. The van der Waals surface area contributed by atoms with E-state index >= 15 is 0 Å². The molecular formula is C20H33IN4O3. The average molecular weight is 504 g/mol. The van der Waals surface area contributed by atoms with Crippen LogP contribution in [0.2, 0.25) is 0 Å². The molecule has 1 amide bonds. The Hall–Kier alpha value is -1.55. The zero-order valence-corrected chi connectivity index (χ0v) is 19.6. The zero-order chi connectivity index (χ0) is 19.7. The van der Waals surface area contributed by atoms with Gasteiger partial charge in [0.25, 0.3) is 5.91 Å². The van der Waals surface area contributed by atoms with E-state index in [4.69, 9.17) is 9.47 Å². The summed E-state index contributed by atoms with van der Waals surface area (Å²) in [6, 6.07) is 7.67. The standard InChI is InChI=1S/C20H32N4O3.HI/c1-5-21-19(23-15-20(2)10-7-11-27-20)22-13-16-8-6-9-17(12-16)26-14-18(25)24(3)4;/h6,8-9,12H,5,7,10-11,13-15H2,1-4H3,(H2,21,22,23);1H.